The van der Waals surface area contributed by atoms with E-state index >= 15 is 0 Å². The number of nitrogens with two attached hydrogens (primary N) is 1. The van der Waals surface area contributed by atoms with Gasteiger partial charge in [-0.25, -0.2) is 4.68 Å². The molecule has 1 aromatic heterocycles. The molecule has 0 atom stereocenters. The molecule has 7 heteroatoms. The lowest BCUT2D eigenvalue weighted by atomic mass is 10.1. The van der Waals surface area contributed by atoms with Crippen LogP contribution in [0, 0.1) is 20.8 Å². The van der Waals surface area contributed by atoms with Gasteiger partial charge >= 0.3 is 0 Å². The largest absolute Gasteiger partial charge is 0.335 e. The van der Waals surface area contributed by atoms with Crippen LogP contribution in [-0.4, -0.2) is 26.5 Å². The summed E-state index contributed by atoms with van der Waals surface area (Å²) in [7, 11) is 0. The third kappa shape index (κ3) is 3.88. The number of thioether (sulfide) groups is 1. The van der Waals surface area contributed by atoms with Crippen molar-refractivity contribution in [3.8, 4) is 11.4 Å². The number of nitrogens with one attached hydrogen (secondary N) is 1. The molecular weight excluding hydrogens is 346 g/mol. The van der Waals surface area contributed by atoms with Gasteiger partial charge < -0.3 is 11.2 Å². The fourth-order valence-electron chi connectivity index (χ4n) is 2.84. The van der Waals surface area contributed by atoms with Crippen LogP contribution in [-0.2, 0) is 4.79 Å². The molecule has 1 heterocycles. The predicted molar refractivity (Wildman–Crippen MR) is 106 cm³/mol. The first kappa shape index (κ1) is 18.0. The Kier molecular flexibility index (Phi) is 5.27. The number of hydrogen-bond donors (Lipinski definition) is 2. The fourth-order valence-corrected chi connectivity index (χ4v) is 3.50. The number of aromatic nitrogens is 3. The number of nitrogens with zero attached hydrogens (tertiary/aromatic N) is 3. The molecule has 0 bridgehead atoms. The summed E-state index contributed by atoms with van der Waals surface area (Å²) in [6, 6.07) is 13.7. The molecule has 3 N–H and O–H groups in total. The van der Waals surface area contributed by atoms with E-state index in [1.54, 1.807) is 0 Å². The van der Waals surface area contributed by atoms with Crippen molar-refractivity contribution in [2.24, 2.45) is 0 Å². The average Bonchev–Trinajstić information content (AvgIpc) is 2.98. The lowest BCUT2D eigenvalue weighted by Crippen LogP contribution is -2.17. The quantitative estimate of drug-likeness (QED) is 0.534. The average molecular weight is 367 g/mol. The molecular formula is C19H21N5OS. The van der Waals surface area contributed by atoms with Crippen molar-refractivity contribution in [3.05, 3.63) is 59.2 Å². The smallest absolute Gasteiger partial charge is 0.234 e. The highest BCUT2D eigenvalue weighted by Gasteiger charge is 2.14. The van der Waals surface area contributed by atoms with Crippen molar-refractivity contribution < 1.29 is 4.79 Å². The second-order valence-corrected chi connectivity index (χ2v) is 7.10. The number of carbonyl (C=O) groups is 1. The third-order valence-electron chi connectivity index (χ3n) is 3.97. The molecule has 0 radical (unpaired) electrons. The molecule has 134 valence electrons. The van der Waals surface area contributed by atoms with Gasteiger partial charge in [0.05, 0.1) is 5.75 Å². The monoisotopic (exact) mass is 367 g/mol. The number of rotatable bonds is 5. The van der Waals surface area contributed by atoms with Gasteiger partial charge in [-0.3, -0.25) is 4.79 Å². The van der Waals surface area contributed by atoms with Crippen LogP contribution < -0.4 is 11.2 Å². The predicted octanol–water partition coefficient (Wildman–Crippen LogP) is 3.31. The van der Waals surface area contributed by atoms with Gasteiger partial charge in [0.1, 0.15) is 0 Å². The molecule has 0 aliphatic carbocycles. The molecule has 0 saturated carbocycles. The zero-order chi connectivity index (χ0) is 18.7. The number of hydrogen-bond acceptors (Lipinski definition) is 5. The third-order valence-corrected chi connectivity index (χ3v) is 4.91. The van der Waals surface area contributed by atoms with Gasteiger partial charge in [0.2, 0.25) is 11.1 Å². The van der Waals surface area contributed by atoms with Crippen LogP contribution in [0.15, 0.2) is 47.6 Å². The molecule has 6 nitrogen and oxygen atoms in total. The minimum atomic E-state index is -0.102. The molecule has 3 rings (SSSR count). The van der Waals surface area contributed by atoms with Crippen LogP contribution in [0.3, 0.4) is 0 Å². The van der Waals surface area contributed by atoms with Crippen LogP contribution in [0.5, 0.6) is 0 Å². The van der Waals surface area contributed by atoms with Gasteiger partial charge in [-0.2, -0.15) is 0 Å². The summed E-state index contributed by atoms with van der Waals surface area (Å²) in [6.07, 6.45) is 0. The topological polar surface area (TPSA) is 85.8 Å². The lowest BCUT2D eigenvalue weighted by Gasteiger charge is -2.12. The summed E-state index contributed by atoms with van der Waals surface area (Å²) in [6.45, 7) is 6.02. The highest BCUT2D eigenvalue weighted by Crippen LogP contribution is 2.24. The van der Waals surface area contributed by atoms with Gasteiger partial charge in [-0.05, 0) is 31.9 Å². The molecule has 0 unspecified atom stereocenters. The molecule has 0 spiro atoms. The fraction of sp³-hybridized carbons (Fsp3) is 0.211. The molecule has 3 aromatic rings. The van der Waals surface area contributed by atoms with Crippen molar-refractivity contribution in [2.75, 3.05) is 16.9 Å². The number of amides is 1. The minimum Gasteiger partial charge on any atom is -0.335 e. The summed E-state index contributed by atoms with van der Waals surface area (Å²) >= 11 is 1.26. The Labute approximate surface area is 156 Å². The van der Waals surface area contributed by atoms with Crippen molar-refractivity contribution in [3.63, 3.8) is 0 Å². The maximum absolute atomic E-state index is 12.3. The Hall–Kier alpha value is -2.80. The SMILES string of the molecule is Cc1cc(C)c(NC(=O)CSc2nnc(-c3ccccc3)n2N)c(C)c1. The van der Waals surface area contributed by atoms with Crippen LogP contribution in [0.4, 0.5) is 5.69 Å². The van der Waals surface area contributed by atoms with E-state index in [-0.39, 0.29) is 11.7 Å². The Balaban J connectivity index is 1.67. The van der Waals surface area contributed by atoms with E-state index < -0.39 is 0 Å². The Morgan fingerprint density at radius 2 is 1.77 bits per heavy atom. The summed E-state index contributed by atoms with van der Waals surface area (Å²) in [5.74, 6) is 6.75. The molecule has 0 saturated heterocycles. The molecule has 0 aliphatic rings. The van der Waals surface area contributed by atoms with Crippen LogP contribution >= 0.6 is 11.8 Å². The molecule has 26 heavy (non-hydrogen) atoms. The first-order valence-electron chi connectivity index (χ1n) is 8.22. The van der Waals surface area contributed by atoms with Crippen molar-refractivity contribution in [1.29, 1.82) is 0 Å². The van der Waals surface area contributed by atoms with Crippen LogP contribution in [0.2, 0.25) is 0 Å². The van der Waals surface area contributed by atoms with Gasteiger partial charge in [-0.1, -0.05) is 59.8 Å². The van der Waals surface area contributed by atoms with E-state index in [0.717, 1.165) is 22.4 Å². The summed E-state index contributed by atoms with van der Waals surface area (Å²) in [5, 5.41) is 11.7. The van der Waals surface area contributed by atoms with Gasteiger partial charge in [-0.15, -0.1) is 10.2 Å². The van der Waals surface area contributed by atoms with Crippen molar-refractivity contribution in [2.45, 2.75) is 25.9 Å². The van der Waals surface area contributed by atoms with E-state index in [2.05, 4.69) is 27.6 Å². The second kappa shape index (κ2) is 7.61. The zero-order valence-corrected chi connectivity index (χ0v) is 15.8. The Bertz CT molecular complexity index is 913. The molecule has 0 fully saturated rings. The first-order chi connectivity index (χ1) is 12.5. The van der Waals surface area contributed by atoms with Gasteiger partial charge in [0, 0.05) is 11.3 Å². The first-order valence-corrected chi connectivity index (χ1v) is 9.20. The number of benzene rings is 2. The van der Waals surface area contributed by atoms with Crippen LogP contribution in [0.25, 0.3) is 11.4 Å². The van der Waals surface area contributed by atoms with Gasteiger partial charge in [0.15, 0.2) is 5.82 Å². The van der Waals surface area contributed by atoms with Crippen molar-refractivity contribution in [1.82, 2.24) is 14.9 Å². The summed E-state index contributed by atoms with van der Waals surface area (Å²) in [5.41, 5.74) is 5.02. The number of nitrogen functional groups attached to an aromatic ring is 1. The standard InChI is InChI=1S/C19H21N5OS/c1-12-9-13(2)17(14(3)10-12)21-16(25)11-26-19-23-22-18(24(19)20)15-7-5-4-6-8-15/h4-10H,11,20H2,1-3H3,(H,21,25). The summed E-state index contributed by atoms with van der Waals surface area (Å²) < 4.78 is 1.41. The van der Waals surface area contributed by atoms with E-state index in [1.165, 1.54) is 22.0 Å². The number of anilines is 1. The van der Waals surface area contributed by atoms with E-state index in [9.17, 15) is 4.79 Å². The van der Waals surface area contributed by atoms with E-state index in [4.69, 9.17) is 5.84 Å². The molecule has 2 aromatic carbocycles. The van der Waals surface area contributed by atoms with Gasteiger partial charge in [0.25, 0.3) is 0 Å². The zero-order valence-electron chi connectivity index (χ0n) is 15.0. The Morgan fingerprint density at radius 1 is 1.12 bits per heavy atom. The number of carbonyl (C=O) groups excluding carboxylic acids is 1. The molecule has 0 aliphatic heterocycles. The van der Waals surface area contributed by atoms with Crippen LogP contribution in [0.1, 0.15) is 16.7 Å². The summed E-state index contributed by atoms with van der Waals surface area (Å²) in [4.78, 5) is 12.3. The molecule has 1 amide bonds. The van der Waals surface area contributed by atoms with E-state index in [0.29, 0.717) is 11.0 Å². The Morgan fingerprint density at radius 3 is 2.42 bits per heavy atom. The normalized spacial score (nSPS) is 10.7. The number of aryl methyl sites for hydroxylation is 3. The van der Waals surface area contributed by atoms with E-state index in [1.807, 2.05) is 51.1 Å². The highest BCUT2D eigenvalue weighted by molar-refractivity contribution is 7.99. The minimum absolute atomic E-state index is 0.102. The van der Waals surface area contributed by atoms with Crippen molar-refractivity contribution >= 4 is 23.4 Å². The second-order valence-electron chi connectivity index (χ2n) is 6.15. The maximum Gasteiger partial charge on any atom is 0.234 e. The maximum atomic E-state index is 12.3. The lowest BCUT2D eigenvalue weighted by molar-refractivity contribution is -0.113. The highest BCUT2D eigenvalue weighted by atomic mass is 32.2.